The van der Waals surface area contributed by atoms with Gasteiger partial charge in [0.05, 0.1) is 0 Å². The first-order chi connectivity index (χ1) is 9.11. The number of ether oxygens (including phenoxy) is 1. The fraction of sp³-hybridized carbons (Fsp3) is 0.385. The van der Waals surface area contributed by atoms with E-state index in [1.54, 1.807) is 26.0 Å². The van der Waals surface area contributed by atoms with Crippen LogP contribution in [0, 0.1) is 18.8 Å². The molecule has 1 aromatic heterocycles. The number of aromatic amines is 1. The highest BCUT2D eigenvalue weighted by Crippen LogP contribution is 2.18. The van der Waals surface area contributed by atoms with Crippen LogP contribution < -0.4 is 11.2 Å². The van der Waals surface area contributed by atoms with Crippen molar-refractivity contribution >= 4 is 0 Å². The summed E-state index contributed by atoms with van der Waals surface area (Å²) >= 11 is 0. The molecule has 19 heavy (non-hydrogen) atoms. The fourth-order valence-corrected chi connectivity index (χ4v) is 1.59. The Morgan fingerprint density at radius 1 is 1.37 bits per heavy atom. The van der Waals surface area contributed by atoms with Gasteiger partial charge in [-0.1, -0.05) is 5.92 Å². The van der Waals surface area contributed by atoms with E-state index in [1.165, 1.54) is 10.8 Å². The molecule has 0 aromatic carbocycles. The third-order valence-electron chi connectivity index (χ3n) is 2.44. The lowest BCUT2D eigenvalue weighted by Gasteiger charge is -2.13. The largest absolute Gasteiger partial charge is 0.400 e. The first-order valence-corrected chi connectivity index (χ1v) is 5.64. The van der Waals surface area contributed by atoms with Gasteiger partial charge in [-0.05, 0) is 26.0 Å². The Morgan fingerprint density at radius 2 is 2.05 bits per heavy atom. The number of nitrogens with one attached hydrogen (secondary N) is 1. The molecule has 102 valence electrons. The number of rotatable bonds is 1. The highest BCUT2D eigenvalue weighted by atomic mass is 16.5. The zero-order chi connectivity index (χ0) is 14.4. The SMILES string of the molecule is CC#CC1C=CC(n2cc(C)c(=O)[nH]c2=O)O1.CO. The molecule has 6 heteroatoms. The van der Waals surface area contributed by atoms with Crippen LogP contribution >= 0.6 is 0 Å². The molecule has 0 aliphatic carbocycles. The average Bonchev–Trinajstić information content (AvgIpc) is 2.85. The van der Waals surface area contributed by atoms with Crippen LogP contribution in [0.2, 0.25) is 0 Å². The topological polar surface area (TPSA) is 84.3 Å². The molecule has 0 bridgehead atoms. The molecule has 1 aliphatic heterocycles. The van der Waals surface area contributed by atoms with Gasteiger partial charge in [0.1, 0.15) is 6.10 Å². The quantitative estimate of drug-likeness (QED) is 0.549. The molecule has 0 saturated heterocycles. The van der Waals surface area contributed by atoms with Crippen LogP contribution in [0.25, 0.3) is 0 Å². The summed E-state index contributed by atoms with van der Waals surface area (Å²) in [4.78, 5) is 25.1. The summed E-state index contributed by atoms with van der Waals surface area (Å²) in [6.45, 7) is 3.36. The predicted molar refractivity (Wildman–Crippen MR) is 70.7 cm³/mol. The molecule has 0 fully saturated rings. The fourth-order valence-electron chi connectivity index (χ4n) is 1.59. The van der Waals surface area contributed by atoms with Crippen molar-refractivity contribution in [2.75, 3.05) is 7.11 Å². The molecule has 0 spiro atoms. The van der Waals surface area contributed by atoms with Gasteiger partial charge in [0.25, 0.3) is 5.56 Å². The van der Waals surface area contributed by atoms with Crippen LogP contribution in [-0.2, 0) is 4.74 Å². The van der Waals surface area contributed by atoms with E-state index < -0.39 is 11.9 Å². The first-order valence-electron chi connectivity index (χ1n) is 5.64. The maximum atomic E-state index is 11.6. The monoisotopic (exact) mass is 264 g/mol. The summed E-state index contributed by atoms with van der Waals surface area (Å²) in [7, 11) is 1.00. The van der Waals surface area contributed by atoms with E-state index in [0.717, 1.165) is 7.11 Å². The van der Waals surface area contributed by atoms with E-state index in [1.807, 2.05) is 0 Å². The third-order valence-corrected chi connectivity index (χ3v) is 2.44. The summed E-state index contributed by atoms with van der Waals surface area (Å²) < 4.78 is 6.86. The molecule has 2 atom stereocenters. The smallest absolute Gasteiger partial charge is 0.330 e. The highest BCUT2D eigenvalue weighted by Gasteiger charge is 2.20. The lowest BCUT2D eigenvalue weighted by atomic mass is 10.3. The van der Waals surface area contributed by atoms with Crippen molar-refractivity contribution in [3.63, 3.8) is 0 Å². The Bertz CT molecular complexity index is 631. The second-order valence-corrected chi connectivity index (χ2v) is 3.71. The minimum Gasteiger partial charge on any atom is -0.400 e. The second kappa shape index (κ2) is 6.73. The maximum Gasteiger partial charge on any atom is 0.330 e. The number of nitrogens with zero attached hydrogens (tertiary/aromatic N) is 1. The Labute approximate surface area is 110 Å². The molecule has 1 aliphatic rings. The van der Waals surface area contributed by atoms with Gasteiger partial charge in [0.2, 0.25) is 0 Å². The number of hydrogen-bond acceptors (Lipinski definition) is 4. The van der Waals surface area contributed by atoms with Crippen molar-refractivity contribution in [1.82, 2.24) is 9.55 Å². The summed E-state index contributed by atoms with van der Waals surface area (Å²) in [6, 6.07) is 0. The standard InChI is InChI=1S/C12H12N2O3.CH4O/c1-3-4-9-5-6-10(17-9)14-7-8(2)11(15)13-12(14)16;1-2/h5-7,9-10H,1-2H3,(H,13,15,16);2H,1H3. The third kappa shape index (κ3) is 3.44. The number of aryl methyl sites for hydroxylation is 1. The van der Waals surface area contributed by atoms with E-state index in [0.29, 0.717) is 5.56 Å². The molecular weight excluding hydrogens is 248 g/mol. The van der Waals surface area contributed by atoms with E-state index in [9.17, 15) is 9.59 Å². The number of aliphatic hydroxyl groups excluding tert-OH is 1. The van der Waals surface area contributed by atoms with E-state index in [4.69, 9.17) is 9.84 Å². The number of hydrogen-bond donors (Lipinski definition) is 2. The molecule has 2 N–H and O–H groups in total. The molecule has 2 heterocycles. The van der Waals surface area contributed by atoms with Crippen LogP contribution in [0.1, 0.15) is 18.7 Å². The summed E-state index contributed by atoms with van der Waals surface area (Å²) in [5.74, 6) is 5.59. The Morgan fingerprint density at radius 3 is 2.68 bits per heavy atom. The molecule has 0 amide bonds. The van der Waals surface area contributed by atoms with Crippen LogP contribution in [0.3, 0.4) is 0 Å². The average molecular weight is 264 g/mol. The van der Waals surface area contributed by atoms with Crippen molar-refractivity contribution in [2.45, 2.75) is 26.2 Å². The van der Waals surface area contributed by atoms with Gasteiger partial charge in [-0.15, -0.1) is 5.92 Å². The van der Waals surface area contributed by atoms with Gasteiger partial charge in [-0.3, -0.25) is 14.3 Å². The van der Waals surface area contributed by atoms with Crippen LogP contribution in [0.15, 0.2) is 27.9 Å². The normalized spacial score (nSPS) is 20.2. The van der Waals surface area contributed by atoms with E-state index in [2.05, 4.69) is 16.8 Å². The predicted octanol–water partition coefficient (Wildman–Crippen LogP) is -0.0696. The van der Waals surface area contributed by atoms with Gasteiger partial charge < -0.3 is 9.84 Å². The molecule has 0 saturated carbocycles. The number of aliphatic hydroxyl groups is 1. The van der Waals surface area contributed by atoms with E-state index in [-0.39, 0.29) is 11.7 Å². The van der Waals surface area contributed by atoms with Gasteiger partial charge in [-0.25, -0.2) is 4.79 Å². The highest BCUT2D eigenvalue weighted by molar-refractivity contribution is 5.16. The molecule has 1 aromatic rings. The van der Waals surface area contributed by atoms with Crippen molar-refractivity contribution in [3.8, 4) is 11.8 Å². The van der Waals surface area contributed by atoms with Gasteiger partial charge in [0, 0.05) is 18.9 Å². The lowest BCUT2D eigenvalue weighted by Crippen LogP contribution is -2.33. The Kier molecular flexibility index (Phi) is 5.30. The van der Waals surface area contributed by atoms with Gasteiger partial charge >= 0.3 is 5.69 Å². The molecule has 2 unspecified atom stereocenters. The molecular formula is C13H16N2O4. The maximum absolute atomic E-state index is 11.6. The number of aromatic nitrogens is 2. The Hall–Kier alpha value is -2.10. The minimum absolute atomic E-state index is 0.302. The number of H-pyrrole nitrogens is 1. The molecule has 6 nitrogen and oxygen atoms in total. The zero-order valence-corrected chi connectivity index (χ0v) is 11.0. The Balaban J connectivity index is 0.000000861. The zero-order valence-electron chi connectivity index (χ0n) is 11.0. The van der Waals surface area contributed by atoms with Crippen molar-refractivity contribution in [1.29, 1.82) is 0 Å². The second-order valence-electron chi connectivity index (χ2n) is 3.71. The van der Waals surface area contributed by atoms with Gasteiger partial charge in [-0.2, -0.15) is 0 Å². The van der Waals surface area contributed by atoms with Crippen LogP contribution in [0.5, 0.6) is 0 Å². The lowest BCUT2D eigenvalue weighted by molar-refractivity contribution is 0.0414. The molecule has 2 rings (SSSR count). The molecule has 0 radical (unpaired) electrons. The summed E-state index contributed by atoms with van der Waals surface area (Å²) in [6.07, 6.45) is 4.20. The van der Waals surface area contributed by atoms with Crippen molar-refractivity contribution < 1.29 is 9.84 Å². The van der Waals surface area contributed by atoms with Gasteiger partial charge in [0.15, 0.2) is 6.23 Å². The summed E-state index contributed by atoms with van der Waals surface area (Å²) in [5.41, 5.74) is -0.398. The van der Waals surface area contributed by atoms with E-state index >= 15 is 0 Å². The van der Waals surface area contributed by atoms with Crippen molar-refractivity contribution in [3.05, 3.63) is 44.8 Å². The minimum atomic E-state index is -0.510. The van der Waals surface area contributed by atoms with Crippen molar-refractivity contribution in [2.24, 2.45) is 0 Å². The summed E-state index contributed by atoms with van der Waals surface area (Å²) in [5, 5.41) is 7.00. The van der Waals surface area contributed by atoms with Crippen LogP contribution in [0.4, 0.5) is 0 Å². The first kappa shape index (κ1) is 15.0. The van der Waals surface area contributed by atoms with Crippen LogP contribution in [-0.4, -0.2) is 27.9 Å².